The van der Waals surface area contributed by atoms with Gasteiger partial charge in [-0.2, -0.15) is 0 Å². The molecule has 0 aromatic heterocycles. The third kappa shape index (κ3) is 1.81. The van der Waals surface area contributed by atoms with Crippen molar-refractivity contribution < 1.29 is 0 Å². The summed E-state index contributed by atoms with van der Waals surface area (Å²) in [5.41, 5.74) is 5.20. The van der Waals surface area contributed by atoms with Crippen LogP contribution in [0.15, 0.2) is 42.5 Å². The van der Waals surface area contributed by atoms with Crippen LogP contribution >= 0.6 is 11.6 Å². The molecule has 0 saturated carbocycles. The first kappa shape index (κ1) is 10.7. The lowest BCUT2D eigenvalue weighted by Gasteiger charge is -2.13. The molecule has 1 atom stereocenters. The highest BCUT2D eigenvalue weighted by atomic mass is 35.5. The van der Waals surface area contributed by atoms with E-state index in [1.165, 1.54) is 22.4 Å². The Morgan fingerprint density at radius 2 is 1.94 bits per heavy atom. The Hall–Kier alpha value is -1.47. The molecule has 1 unspecified atom stereocenters. The van der Waals surface area contributed by atoms with Crippen molar-refractivity contribution in [2.75, 3.05) is 5.32 Å². The molecule has 86 valence electrons. The Bertz CT molecular complexity index is 563. The van der Waals surface area contributed by atoms with Gasteiger partial charge in [0.15, 0.2) is 0 Å². The van der Waals surface area contributed by atoms with Crippen LogP contribution in [0, 0.1) is 6.92 Å². The van der Waals surface area contributed by atoms with Gasteiger partial charge in [-0.15, -0.1) is 0 Å². The average molecular weight is 244 g/mol. The number of benzene rings is 2. The van der Waals surface area contributed by atoms with Crippen molar-refractivity contribution in [2.45, 2.75) is 19.4 Å². The zero-order chi connectivity index (χ0) is 11.8. The van der Waals surface area contributed by atoms with Gasteiger partial charge < -0.3 is 5.32 Å². The van der Waals surface area contributed by atoms with Crippen molar-refractivity contribution in [3.63, 3.8) is 0 Å². The summed E-state index contributed by atoms with van der Waals surface area (Å²) in [4.78, 5) is 0. The molecule has 1 heterocycles. The highest BCUT2D eigenvalue weighted by Crippen LogP contribution is 2.37. The second kappa shape index (κ2) is 4.08. The van der Waals surface area contributed by atoms with Gasteiger partial charge in [0.2, 0.25) is 0 Å². The van der Waals surface area contributed by atoms with Crippen molar-refractivity contribution in [2.24, 2.45) is 0 Å². The normalized spacial score (nSPS) is 17.6. The number of halogens is 1. The van der Waals surface area contributed by atoms with E-state index in [1.807, 2.05) is 18.2 Å². The largest absolute Gasteiger partial charge is 0.378 e. The van der Waals surface area contributed by atoms with Crippen LogP contribution in [-0.4, -0.2) is 0 Å². The molecule has 1 aliphatic rings. The van der Waals surface area contributed by atoms with Crippen LogP contribution in [0.3, 0.4) is 0 Å². The summed E-state index contributed by atoms with van der Waals surface area (Å²) in [5, 5.41) is 4.39. The number of hydrogen-bond donors (Lipinski definition) is 1. The lowest BCUT2D eigenvalue weighted by Crippen LogP contribution is -2.06. The standard InChI is InChI=1S/C15H14ClN/c1-10-5-4-8-14-12(10)9-15(17-14)11-6-2-3-7-13(11)16/h2-8,15,17H,9H2,1H3. The molecule has 1 N–H and O–H groups in total. The zero-order valence-corrected chi connectivity index (χ0v) is 10.5. The fourth-order valence-electron chi connectivity index (χ4n) is 2.50. The van der Waals surface area contributed by atoms with Crippen LogP contribution in [0.1, 0.15) is 22.7 Å². The van der Waals surface area contributed by atoms with Crippen LogP contribution in [0.2, 0.25) is 5.02 Å². The monoisotopic (exact) mass is 243 g/mol. The van der Waals surface area contributed by atoms with E-state index in [4.69, 9.17) is 11.6 Å². The quantitative estimate of drug-likeness (QED) is 0.785. The van der Waals surface area contributed by atoms with Crippen LogP contribution in [0.4, 0.5) is 5.69 Å². The summed E-state index contributed by atoms with van der Waals surface area (Å²) in [6, 6.07) is 14.8. The lowest BCUT2D eigenvalue weighted by molar-refractivity contribution is 0.821. The van der Waals surface area contributed by atoms with Crippen molar-refractivity contribution in [1.29, 1.82) is 0 Å². The summed E-state index contributed by atoms with van der Waals surface area (Å²) < 4.78 is 0. The van der Waals surface area contributed by atoms with Gasteiger partial charge in [0, 0.05) is 10.7 Å². The van der Waals surface area contributed by atoms with Gasteiger partial charge in [0.1, 0.15) is 0 Å². The maximum absolute atomic E-state index is 6.25. The molecule has 1 aliphatic heterocycles. The maximum atomic E-state index is 6.25. The highest BCUT2D eigenvalue weighted by Gasteiger charge is 2.24. The van der Waals surface area contributed by atoms with Crippen LogP contribution in [-0.2, 0) is 6.42 Å². The number of fused-ring (bicyclic) bond motifs is 1. The molecule has 0 spiro atoms. The molecule has 17 heavy (non-hydrogen) atoms. The fourth-order valence-corrected chi connectivity index (χ4v) is 2.76. The third-order valence-corrected chi connectivity index (χ3v) is 3.77. The summed E-state index contributed by atoms with van der Waals surface area (Å²) >= 11 is 6.25. The fraction of sp³-hybridized carbons (Fsp3) is 0.200. The van der Waals surface area contributed by atoms with E-state index in [0.717, 1.165) is 11.4 Å². The lowest BCUT2D eigenvalue weighted by atomic mass is 10.00. The van der Waals surface area contributed by atoms with Crippen LogP contribution in [0.25, 0.3) is 0 Å². The Morgan fingerprint density at radius 3 is 2.71 bits per heavy atom. The molecule has 0 saturated heterocycles. The first-order valence-electron chi connectivity index (χ1n) is 5.85. The Morgan fingerprint density at radius 1 is 1.12 bits per heavy atom. The van der Waals surface area contributed by atoms with Crippen LogP contribution in [0.5, 0.6) is 0 Å². The van der Waals surface area contributed by atoms with E-state index in [9.17, 15) is 0 Å². The number of nitrogens with one attached hydrogen (secondary N) is 1. The first-order valence-corrected chi connectivity index (χ1v) is 6.23. The zero-order valence-electron chi connectivity index (χ0n) is 9.70. The Balaban J connectivity index is 1.97. The summed E-state index contributed by atoms with van der Waals surface area (Å²) in [5.74, 6) is 0. The van der Waals surface area contributed by atoms with Gasteiger partial charge in [-0.1, -0.05) is 41.9 Å². The number of rotatable bonds is 1. The highest BCUT2D eigenvalue weighted by molar-refractivity contribution is 6.31. The number of hydrogen-bond acceptors (Lipinski definition) is 1. The summed E-state index contributed by atoms with van der Waals surface area (Å²) in [6.07, 6.45) is 1.02. The van der Waals surface area contributed by atoms with Gasteiger partial charge in [-0.05, 0) is 42.2 Å². The second-order valence-corrected chi connectivity index (χ2v) is 4.93. The second-order valence-electron chi connectivity index (χ2n) is 4.52. The minimum absolute atomic E-state index is 0.305. The van der Waals surface area contributed by atoms with Gasteiger partial charge in [0.05, 0.1) is 6.04 Å². The van der Waals surface area contributed by atoms with Gasteiger partial charge in [-0.3, -0.25) is 0 Å². The topological polar surface area (TPSA) is 12.0 Å². The van der Waals surface area contributed by atoms with E-state index in [2.05, 4.69) is 36.5 Å². The summed E-state index contributed by atoms with van der Waals surface area (Å²) in [6.45, 7) is 2.16. The van der Waals surface area contributed by atoms with Gasteiger partial charge in [0.25, 0.3) is 0 Å². The predicted molar refractivity (Wildman–Crippen MR) is 72.7 cm³/mol. The van der Waals surface area contributed by atoms with Crippen molar-refractivity contribution in [3.8, 4) is 0 Å². The number of anilines is 1. The van der Waals surface area contributed by atoms with Crippen molar-refractivity contribution in [1.82, 2.24) is 0 Å². The smallest absolute Gasteiger partial charge is 0.0569 e. The summed E-state index contributed by atoms with van der Waals surface area (Å²) in [7, 11) is 0. The van der Waals surface area contributed by atoms with Crippen LogP contribution < -0.4 is 5.32 Å². The van der Waals surface area contributed by atoms with E-state index < -0.39 is 0 Å². The first-order chi connectivity index (χ1) is 8.25. The molecule has 2 aromatic carbocycles. The molecular weight excluding hydrogens is 230 g/mol. The molecule has 0 bridgehead atoms. The molecule has 2 heteroatoms. The molecule has 0 fully saturated rings. The van der Waals surface area contributed by atoms with Gasteiger partial charge >= 0.3 is 0 Å². The van der Waals surface area contributed by atoms with E-state index >= 15 is 0 Å². The average Bonchev–Trinajstić information content (AvgIpc) is 2.75. The Kier molecular flexibility index (Phi) is 2.56. The molecule has 1 nitrogen and oxygen atoms in total. The molecule has 0 amide bonds. The SMILES string of the molecule is Cc1cccc2c1CC(c1ccccc1Cl)N2. The minimum Gasteiger partial charge on any atom is -0.378 e. The molecule has 3 rings (SSSR count). The molecule has 0 aliphatic carbocycles. The van der Waals surface area contributed by atoms with E-state index in [1.54, 1.807) is 0 Å². The predicted octanol–water partition coefficient (Wildman–Crippen LogP) is 4.36. The Labute approximate surface area is 106 Å². The van der Waals surface area contributed by atoms with E-state index in [-0.39, 0.29) is 0 Å². The molecular formula is C15H14ClN. The molecule has 0 radical (unpaired) electrons. The van der Waals surface area contributed by atoms with E-state index in [0.29, 0.717) is 6.04 Å². The van der Waals surface area contributed by atoms with Crippen molar-refractivity contribution >= 4 is 17.3 Å². The maximum Gasteiger partial charge on any atom is 0.0569 e. The number of aryl methyl sites for hydroxylation is 1. The minimum atomic E-state index is 0.305. The molecule has 2 aromatic rings. The van der Waals surface area contributed by atoms with Gasteiger partial charge in [-0.25, -0.2) is 0 Å². The third-order valence-electron chi connectivity index (χ3n) is 3.43. The van der Waals surface area contributed by atoms with Crippen molar-refractivity contribution in [3.05, 3.63) is 64.2 Å².